The largest absolute Gasteiger partial charge is 0.433 e. The molecular weight excluding hydrogens is 561 g/mol. The summed E-state index contributed by atoms with van der Waals surface area (Å²) in [7, 11) is 0. The molecule has 0 spiro atoms. The summed E-state index contributed by atoms with van der Waals surface area (Å²) >= 11 is 11.7. The molecule has 3 aromatic rings. The standard InChI is InChI=1S/C28H30ClF3N6OS/c29-21-6-4-5-20(17-21)27(9-15-39-16-10-27)19-33-26(40)36-25-34-23(28(30,31)32)18-24(35-25)38-13-11-37(12-14-38)22-7-2-1-3-8-22/h1-8,17-18H,9-16,19H2,(H2,33,34,35,36,40). The number of halogens is 4. The van der Waals surface area contributed by atoms with E-state index in [0.29, 0.717) is 51.0 Å². The van der Waals surface area contributed by atoms with E-state index in [1.807, 2.05) is 59.5 Å². The number of hydrogen-bond acceptors (Lipinski definition) is 6. The first kappa shape index (κ1) is 28.4. The molecule has 212 valence electrons. The number of aromatic nitrogens is 2. The summed E-state index contributed by atoms with van der Waals surface area (Å²) in [4.78, 5) is 12.2. The summed E-state index contributed by atoms with van der Waals surface area (Å²) in [5.74, 6) is 0.0109. The lowest BCUT2D eigenvalue weighted by Gasteiger charge is -2.38. The third kappa shape index (κ3) is 6.76. The number of alkyl halides is 3. The molecule has 40 heavy (non-hydrogen) atoms. The van der Waals surface area contributed by atoms with Gasteiger partial charge in [0.15, 0.2) is 10.8 Å². The van der Waals surface area contributed by atoms with E-state index < -0.39 is 11.9 Å². The monoisotopic (exact) mass is 590 g/mol. The van der Waals surface area contributed by atoms with E-state index in [2.05, 4.69) is 25.5 Å². The van der Waals surface area contributed by atoms with Crippen molar-refractivity contribution in [2.75, 3.05) is 61.1 Å². The Morgan fingerprint density at radius 3 is 2.33 bits per heavy atom. The first-order valence-electron chi connectivity index (χ1n) is 13.1. The van der Waals surface area contributed by atoms with Crippen molar-refractivity contribution in [3.8, 4) is 0 Å². The Bertz CT molecular complexity index is 1310. The average Bonchev–Trinajstić information content (AvgIpc) is 2.96. The molecule has 0 bridgehead atoms. The molecule has 2 saturated heterocycles. The number of hydrogen-bond donors (Lipinski definition) is 2. The minimum absolute atomic E-state index is 0.145. The van der Waals surface area contributed by atoms with Gasteiger partial charge in [0.2, 0.25) is 5.95 Å². The Hall–Kier alpha value is -3.15. The summed E-state index contributed by atoms with van der Waals surface area (Å²) in [6.45, 7) is 4.00. The molecule has 2 aromatic carbocycles. The molecule has 2 aliphatic heterocycles. The normalized spacial score (nSPS) is 17.4. The number of ether oxygens (including phenoxy) is 1. The fraction of sp³-hybridized carbons (Fsp3) is 0.393. The number of nitrogens with zero attached hydrogens (tertiary/aromatic N) is 4. The maximum absolute atomic E-state index is 13.8. The number of piperazine rings is 1. The molecule has 5 rings (SSSR count). The van der Waals surface area contributed by atoms with Crippen LogP contribution in [0.5, 0.6) is 0 Å². The third-order valence-corrected chi connectivity index (χ3v) is 7.91. The summed E-state index contributed by atoms with van der Waals surface area (Å²) in [5.41, 5.74) is 0.839. The zero-order valence-corrected chi connectivity index (χ0v) is 23.3. The van der Waals surface area contributed by atoms with Crippen LogP contribution in [0, 0.1) is 0 Å². The highest BCUT2D eigenvalue weighted by Crippen LogP contribution is 2.36. The van der Waals surface area contributed by atoms with Gasteiger partial charge in [-0.3, -0.25) is 0 Å². The van der Waals surface area contributed by atoms with E-state index in [9.17, 15) is 13.2 Å². The molecule has 0 amide bonds. The lowest BCUT2D eigenvalue weighted by molar-refractivity contribution is -0.141. The van der Waals surface area contributed by atoms with Crippen molar-refractivity contribution in [2.24, 2.45) is 0 Å². The van der Waals surface area contributed by atoms with Crippen LogP contribution < -0.4 is 20.4 Å². The summed E-state index contributed by atoms with van der Waals surface area (Å²) < 4.78 is 46.9. The lowest BCUT2D eigenvalue weighted by Crippen LogP contribution is -2.47. The average molecular weight is 591 g/mol. The summed E-state index contributed by atoms with van der Waals surface area (Å²) in [6, 6.07) is 18.6. The maximum atomic E-state index is 13.8. The molecule has 1 aromatic heterocycles. The van der Waals surface area contributed by atoms with Crippen LogP contribution in [-0.4, -0.2) is 61.0 Å². The van der Waals surface area contributed by atoms with Crippen LogP contribution in [0.25, 0.3) is 0 Å². The van der Waals surface area contributed by atoms with Gasteiger partial charge in [0.05, 0.1) is 0 Å². The molecule has 0 radical (unpaired) electrons. The van der Waals surface area contributed by atoms with Gasteiger partial charge in [-0.05, 0) is 54.9 Å². The Balaban J connectivity index is 1.29. The second kappa shape index (κ2) is 12.2. The molecule has 0 saturated carbocycles. The number of para-hydroxylation sites is 1. The number of rotatable bonds is 6. The van der Waals surface area contributed by atoms with Gasteiger partial charge >= 0.3 is 6.18 Å². The molecule has 2 fully saturated rings. The van der Waals surface area contributed by atoms with Crippen LogP contribution in [0.2, 0.25) is 5.02 Å². The minimum atomic E-state index is -4.63. The molecule has 0 atom stereocenters. The molecule has 0 unspecified atom stereocenters. The first-order valence-corrected chi connectivity index (χ1v) is 13.9. The summed E-state index contributed by atoms with van der Waals surface area (Å²) in [6.07, 6.45) is -3.13. The van der Waals surface area contributed by atoms with Crippen LogP contribution in [0.15, 0.2) is 60.7 Å². The van der Waals surface area contributed by atoms with Gasteiger partial charge in [-0.15, -0.1) is 0 Å². The first-order chi connectivity index (χ1) is 19.2. The van der Waals surface area contributed by atoms with Gasteiger partial charge in [-0.2, -0.15) is 18.2 Å². The van der Waals surface area contributed by atoms with Gasteiger partial charge in [-0.1, -0.05) is 41.9 Å². The SMILES string of the molecule is FC(F)(F)c1cc(N2CCN(c3ccccc3)CC2)nc(NC(=S)NCC2(c3cccc(Cl)c3)CCOCC2)n1. The fourth-order valence-electron chi connectivity index (χ4n) is 5.17. The minimum Gasteiger partial charge on any atom is -0.381 e. The molecule has 12 heteroatoms. The van der Waals surface area contributed by atoms with Crippen molar-refractivity contribution in [1.82, 2.24) is 15.3 Å². The molecule has 7 nitrogen and oxygen atoms in total. The Morgan fingerprint density at radius 2 is 1.65 bits per heavy atom. The van der Waals surface area contributed by atoms with E-state index in [4.69, 9.17) is 28.6 Å². The quantitative estimate of drug-likeness (QED) is 0.365. The second-order valence-corrected chi connectivity index (χ2v) is 10.8. The third-order valence-electron chi connectivity index (χ3n) is 7.43. The van der Waals surface area contributed by atoms with Crippen molar-refractivity contribution in [3.05, 3.63) is 76.9 Å². The highest BCUT2D eigenvalue weighted by molar-refractivity contribution is 7.80. The van der Waals surface area contributed by atoms with Gasteiger partial charge < -0.3 is 25.2 Å². The van der Waals surface area contributed by atoms with Crippen LogP contribution in [0.1, 0.15) is 24.1 Å². The Labute approximate surface area is 241 Å². The van der Waals surface area contributed by atoms with E-state index in [-0.39, 0.29) is 22.3 Å². The van der Waals surface area contributed by atoms with Gasteiger partial charge in [0.1, 0.15) is 5.82 Å². The smallest absolute Gasteiger partial charge is 0.381 e. The van der Waals surface area contributed by atoms with E-state index >= 15 is 0 Å². The molecule has 2 N–H and O–H groups in total. The van der Waals surface area contributed by atoms with E-state index in [0.717, 1.165) is 30.2 Å². The Kier molecular flexibility index (Phi) is 8.62. The zero-order valence-electron chi connectivity index (χ0n) is 21.8. The molecule has 0 aliphatic carbocycles. The van der Waals surface area contributed by atoms with Crippen molar-refractivity contribution in [3.63, 3.8) is 0 Å². The number of benzene rings is 2. The second-order valence-electron chi connectivity index (χ2n) is 9.95. The number of thiocarbonyl (C=S) groups is 1. The van der Waals surface area contributed by atoms with E-state index in [1.54, 1.807) is 0 Å². The van der Waals surface area contributed by atoms with Crippen LogP contribution in [-0.2, 0) is 16.3 Å². The fourth-order valence-corrected chi connectivity index (χ4v) is 5.53. The van der Waals surface area contributed by atoms with Crippen molar-refractivity contribution in [1.29, 1.82) is 0 Å². The van der Waals surface area contributed by atoms with Gasteiger partial charge in [0, 0.05) is 68.1 Å². The number of anilines is 3. The molecular formula is C28H30ClF3N6OS. The zero-order chi connectivity index (χ0) is 28.2. The van der Waals surface area contributed by atoms with Crippen LogP contribution in [0.3, 0.4) is 0 Å². The van der Waals surface area contributed by atoms with Gasteiger partial charge in [-0.25, -0.2) is 4.98 Å². The highest BCUT2D eigenvalue weighted by atomic mass is 35.5. The molecule has 3 heterocycles. The molecule has 2 aliphatic rings. The maximum Gasteiger partial charge on any atom is 0.433 e. The topological polar surface area (TPSA) is 65.5 Å². The van der Waals surface area contributed by atoms with Crippen LogP contribution in [0.4, 0.5) is 30.6 Å². The van der Waals surface area contributed by atoms with Crippen LogP contribution >= 0.6 is 23.8 Å². The van der Waals surface area contributed by atoms with E-state index in [1.165, 1.54) is 0 Å². The van der Waals surface area contributed by atoms with Gasteiger partial charge in [0.25, 0.3) is 0 Å². The predicted octanol–water partition coefficient (Wildman–Crippen LogP) is 5.51. The Morgan fingerprint density at radius 1 is 0.950 bits per heavy atom. The number of nitrogens with one attached hydrogen (secondary N) is 2. The van der Waals surface area contributed by atoms with Crippen molar-refractivity contribution >= 4 is 46.4 Å². The van der Waals surface area contributed by atoms with Crippen molar-refractivity contribution in [2.45, 2.75) is 24.4 Å². The predicted molar refractivity (Wildman–Crippen MR) is 155 cm³/mol. The summed E-state index contributed by atoms with van der Waals surface area (Å²) in [5, 5.41) is 6.76. The highest BCUT2D eigenvalue weighted by Gasteiger charge is 2.36. The lowest BCUT2D eigenvalue weighted by atomic mass is 9.74. The van der Waals surface area contributed by atoms with Crippen molar-refractivity contribution < 1.29 is 17.9 Å².